The summed E-state index contributed by atoms with van der Waals surface area (Å²) < 4.78 is 23.7. The summed E-state index contributed by atoms with van der Waals surface area (Å²) in [6.45, 7) is 2.19. The van der Waals surface area contributed by atoms with E-state index in [0.29, 0.717) is 6.61 Å². The van der Waals surface area contributed by atoms with Crippen molar-refractivity contribution in [2.45, 2.75) is 13.5 Å². The van der Waals surface area contributed by atoms with Gasteiger partial charge in [-0.1, -0.05) is 17.3 Å². The van der Waals surface area contributed by atoms with Crippen molar-refractivity contribution in [1.29, 1.82) is 0 Å². The monoisotopic (exact) mass is 283 g/mol. The van der Waals surface area contributed by atoms with Crippen molar-refractivity contribution in [3.63, 3.8) is 0 Å². The lowest BCUT2D eigenvalue weighted by atomic mass is 10.1. The Morgan fingerprint density at radius 1 is 1.10 bits per heavy atom. The molecule has 0 spiro atoms. The minimum absolute atomic E-state index is 0.257. The second kappa shape index (κ2) is 5.79. The van der Waals surface area contributed by atoms with Crippen LogP contribution in [-0.4, -0.2) is 5.16 Å². The van der Waals surface area contributed by atoms with Gasteiger partial charge in [0.25, 0.3) is 0 Å². The number of hydrogen-bond donors (Lipinski definition) is 0. The van der Waals surface area contributed by atoms with Gasteiger partial charge in [0.05, 0.1) is 0 Å². The van der Waals surface area contributed by atoms with Gasteiger partial charge in [-0.3, -0.25) is 0 Å². The Balaban J connectivity index is 1.67. The molecule has 0 radical (unpaired) electrons. The second-order valence-electron chi connectivity index (χ2n) is 4.77. The molecule has 3 nitrogen and oxygen atoms in total. The van der Waals surface area contributed by atoms with Crippen LogP contribution in [0.2, 0.25) is 0 Å². The SMILES string of the molecule is Cc1cc(-c2ccc(OCc3cccc(F)c3)cc2)no1. The van der Waals surface area contributed by atoms with Gasteiger partial charge in [-0.15, -0.1) is 0 Å². The predicted molar refractivity (Wildman–Crippen MR) is 77.4 cm³/mol. The molecule has 0 N–H and O–H groups in total. The molecule has 3 rings (SSSR count). The molecular weight excluding hydrogens is 269 g/mol. The van der Waals surface area contributed by atoms with Crippen LogP contribution in [0.5, 0.6) is 5.75 Å². The fraction of sp³-hybridized carbons (Fsp3) is 0.118. The van der Waals surface area contributed by atoms with Crippen molar-refractivity contribution in [2.24, 2.45) is 0 Å². The first-order valence-corrected chi connectivity index (χ1v) is 6.62. The van der Waals surface area contributed by atoms with Gasteiger partial charge >= 0.3 is 0 Å². The van der Waals surface area contributed by atoms with E-state index in [4.69, 9.17) is 9.26 Å². The average molecular weight is 283 g/mol. The van der Waals surface area contributed by atoms with Gasteiger partial charge in [-0.25, -0.2) is 4.39 Å². The fourth-order valence-corrected chi connectivity index (χ4v) is 2.02. The molecule has 0 aliphatic rings. The number of aryl methyl sites for hydroxylation is 1. The lowest BCUT2D eigenvalue weighted by Crippen LogP contribution is -1.95. The van der Waals surface area contributed by atoms with E-state index in [1.807, 2.05) is 43.3 Å². The molecule has 0 saturated heterocycles. The van der Waals surface area contributed by atoms with Crippen molar-refractivity contribution in [3.05, 3.63) is 71.7 Å². The molecule has 21 heavy (non-hydrogen) atoms. The van der Waals surface area contributed by atoms with E-state index < -0.39 is 0 Å². The van der Waals surface area contributed by atoms with Gasteiger partial charge in [0, 0.05) is 11.6 Å². The summed E-state index contributed by atoms with van der Waals surface area (Å²) in [6.07, 6.45) is 0. The molecule has 2 aromatic carbocycles. The second-order valence-corrected chi connectivity index (χ2v) is 4.77. The summed E-state index contributed by atoms with van der Waals surface area (Å²) >= 11 is 0. The van der Waals surface area contributed by atoms with Crippen molar-refractivity contribution in [3.8, 4) is 17.0 Å². The molecule has 1 aromatic heterocycles. The van der Waals surface area contributed by atoms with E-state index >= 15 is 0 Å². The third-order valence-electron chi connectivity index (χ3n) is 3.07. The average Bonchev–Trinajstić information content (AvgIpc) is 2.92. The largest absolute Gasteiger partial charge is 0.489 e. The fourth-order valence-electron chi connectivity index (χ4n) is 2.02. The van der Waals surface area contributed by atoms with Gasteiger partial charge < -0.3 is 9.26 Å². The minimum atomic E-state index is -0.257. The highest BCUT2D eigenvalue weighted by atomic mass is 19.1. The van der Waals surface area contributed by atoms with Crippen LogP contribution in [0.25, 0.3) is 11.3 Å². The molecule has 106 valence electrons. The standard InChI is InChI=1S/C17H14FNO2/c1-12-9-17(19-21-12)14-5-7-16(8-6-14)20-11-13-3-2-4-15(18)10-13/h2-10H,11H2,1H3. The summed E-state index contributed by atoms with van der Waals surface area (Å²) in [6, 6.07) is 15.8. The summed E-state index contributed by atoms with van der Waals surface area (Å²) in [4.78, 5) is 0. The maximum atomic E-state index is 13.1. The highest BCUT2D eigenvalue weighted by molar-refractivity contribution is 5.59. The number of ether oxygens (including phenoxy) is 1. The maximum Gasteiger partial charge on any atom is 0.134 e. The van der Waals surface area contributed by atoms with Crippen molar-refractivity contribution in [1.82, 2.24) is 5.16 Å². The third kappa shape index (κ3) is 3.28. The van der Waals surface area contributed by atoms with Gasteiger partial charge in [0.1, 0.15) is 29.6 Å². The molecule has 0 fully saturated rings. The first-order valence-electron chi connectivity index (χ1n) is 6.62. The van der Waals surface area contributed by atoms with E-state index in [-0.39, 0.29) is 5.82 Å². The molecule has 4 heteroatoms. The van der Waals surface area contributed by atoms with Crippen LogP contribution in [-0.2, 0) is 6.61 Å². The number of halogens is 1. The van der Waals surface area contributed by atoms with Crippen molar-refractivity contribution in [2.75, 3.05) is 0 Å². The summed E-state index contributed by atoms with van der Waals surface area (Å²) in [7, 11) is 0. The number of benzene rings is 2. The zero-order valence-electron chi connectivity index (χ0n) is 11.5. The quantitative estimate of drug-likeness (QED) is 0.713. The van der Waals surface area contributed by atoms with E-state index in [1.165, 1.54) is 12.1 Å². The number of nitrogens with zero attached hydrogens (tertiary/aromatic N) is 1. The van der Waals surface area contributed by atoms with E-state index in [9.17, 15) is 4.39 Å². The number of aromatic nitrogens is 1. The molecule has 0 atom stereocenters. The molecule has 3 aromatic rings. The summed E-state index contributed by atoms with van der Waals surface area (Å²) in [5.74, 6) is 1.24. The van der Waals surface area contributed by atoms with Crippen molar-refractivity contribution < 1.29 is 13.7 Å². The molecule has 0 aliphatic carbocycles. The smallest absolute Gasteiger partial charge is 0.134 e. The molecule has 1 heterocycles. The molecule has 0 saturated carbocycles. The first-order chi connectivity index (χ1) is 10.2. The minimum Gasteiger partial charge on any atom is -0.489 e. The normalized spacial score (nSPS) is 10.6. The van der Waals surface area contributed by atoms with E-state index in [1.54, 1.807) is 6.07 Å². The highest BCUT2D eigenvalue weighted by Gasteiger charge is 2.04. The van der Waals surface area contributed by atoms with Crippen LogP contribution < -0.4 is 4.74 Å². The van der Waals surface area contributed by atoms with Gasteiger partial charge in [0.15, 0.2) is 0 Å². The van der Waals surface area contributed by atoms with Gasteiger partial charge in [-0.05, 0) is 48.9 Å². The molecule has 0 aliphatic heterocycles. The molecule has 0 bridgehead atoms. The topological polar surface area (TPSA) is 35.3 Å². The Labute approximate surface area is 122 Å². The number of hydrogen-bond acceptors (Lipinski definition) is 3. The molecule has 0 amide bonds. The Bertz CT molecular complexity index is 735. The Hall–Kier alpha value is -2.62. The van der Waals surface area contributed by atoms with Crippen LogP contribution >= 0.6 is 0 Å². The Morgan fingerprint density at radius 3 is 2.57 bits per heavy atom. The summed E-state index contributed by atoms with van der Waals surface area (Å²) in [5, 5.41) is 3.96. The zero-order chi connectivity index (χ0) is 14.7. The Kier molecular flexibility index (Phi) is 3.69. The van der Waals surface area contributed by atoms with E-state index in [2.05, 4.69) is 5.16 Å². The van der Waals surface area contributed by atoms with Crippen LogP contribution in [0.15, 0.2) is 59.1 Å². The highest BCUT2D eigenvalue weighted by Crippen LogP contribution is 2.22. The maximum absolute atomic E-state index is 13.1. The lowest BCUT2D eigenvalue weighted by Gasteiger charge is -2.06. The van der Waals surface area contributed by atoms with Crippen LogP contribution in [0.3, 0.4) is 0 Å². The zero-order valence-corrected chi connectivity index (χ0v) is 11.5. The van der Waals surface area contributed by atoms with Crippen LogP contribution in [0.4, 0.5) is 4.39 Å². The first kappa shape index (κ1) is 13.4. The summed E-state index contributed by atoms with van der Waals surface area (Å²) in [5.41, 5.74) is 2.56. The Morgan fingerprint density at radius 2 is 1.90 bits per heavy atom. The van der Waals surface area contributed by atoms with Crippen molar-refractivity contribution >= 4 is 0 Å². The number of rotatable bonds is 4. The lowest BCUT2D eigenvalue weighted by molar-refractivity contribution is 0.305. The van der Waals surface area contributed by atoms with E-state index in [0.717, 1.165) is 28.3 Å². The predicted octanol–water partition coefficient (Wildman–Crippen LogP) is 4.37. The van der Waals surface area contributed by atoms with Crippen LogP contribution in [0.1, 0.15) is 11.3 Å². The molecule has 0 unspecified atom stereocenters. The van der Waals surface area contributed by atoms with Gasteiger partial charge in [0.2, 0.25) is 0 Å². The molecular formula is C17H14FNO2. The van der Waals surface area contributed by atoms with Gasteiger partial charge in [-0.2, -0.15) is 0 Å². The third-order valence-corrected chi connectivity index (χ3v) is 3.07. The van der Waals surface area contributed by atoms with Crippen LogP contribution in [0, 0.1) is 12.7 Å².